The molecule has 0 aromatic heterocycles. The van der Waals surface area contributed by atoms with E-state index in [1.165, 1.54) is 25.7 Å². The van der Waals surface area contributed by atoms with Gasteiger partial charge < -0.3 is 10.2 Å². The molecule has 1 rings (SSSR count). The fourth-order valence-electron chi connectivity index (χ4n) is 2.27. The molecule has 0 bridgehead atoms. The summed E-state index contributed by atoms with van der Waals surface area (Å²) >= 11 is 0. The first-order valence-electron chi connectivity index (χ1n) is 5.43. The molecule has 1 N–H and O–H groups in total. The summed E-state index contributed by atoms with van der Waals surface area (Å²) in [5, 5.41) is 3.45. The van der Waals surface area contributed by atoms with Crippen LogP contribution in [0.2, 0.25) is 0 Å². The molecule has 1 atom stereocenters. The third kappa shape index (κ3) is 2.71. The fourth-order valence-corrected chi connectivity index (χ4v) is 2.27. The van der Waals surface area contributed by atoms with Crippen molar-refractivity contribution >= 4 is 5.91 Å². The summed E-state index contributed by atoms with van der Waals surface area (Å²) in [6, 6.07) is -0.0619. The lowest BCUT2D eigenvalue weighted by atomic mass is 9.99. The van der Waals surface area contributed by atoms with Crippen LogP contribution in [0.1, 0.15) is 39.5 Å². The van der Waals surface area contributed by atoms with E-state index in [1.54, 1.807) is 19.0 Å². The smallest absolute Gasteiger partial charge is 0.238 e. The maximum Gasteiger partial charge on any atom is 0.238 e. The van der Waals surface area contributed by atoms with Gasteiger partial charge in [-0.3, -0.25) is 4.79 Å². The Hall–Kier alpha value is -0.570. The van der Waals surface area contributed by atoms with Gasteiger partial charge in [-0.25, -0.2) is 0 Å². The van der Waals surface area contributed by atoms with Crippen LogP contribution in [-0.4, -0.2) is 36.5 Å². The average Bonchev–Trinajstić information content (AvgIpc) is 2.50. The predicted molar refractivity (Wildman–Crippen MR) is 58.2 cm³/mol. The van der Waals surface area contributed by atoms with Gasteiger partial charge in [0.15, 0.2) is 0 Å². The van der Waals surface area contributed by atoms with Gasteiger partial charge >= 0.3 is 0 Å². The largest absolute Gasteiger partial charge is 0.347 e. The van der Waals surface area contributed by atoms with Crippen molar-refractivity contribution < 1.29 is 4.79 Å². The second kappa shape index (κ2) is 4.30. The number of nitrogens with one attached hydrogen (secondary N) is 1. The van der Waals surface area contributed by atoms with Gasteiger partial charge in [-0.05, 0) is 26.7 Å². The van der Waals surface area contributed by atoms with Gasteiger partial charge in [-0.15, -0.1) is 0 Å². The van der Waals surface area contributed by atoms with Crippen LogP contribution < -0.4 is 5.32 Å². The van der Waals surface area contributed by atoms with E-state index in [4.69, 9.17) is 0 Å². The van der Waals surface area contributed by atoms with E-state index >= 15 is 0 Å². The molecule has 0 heterocycles. The van der Waals surface area contributed by atoms with Crippen LogP contribution in [0, 0.1) is 0 Å². The van der Waals surface area contributed by atoms with Gasteiger partial charge in [0.2, 0.25) is 5.91 Å². The number of hydrogen-bond acceptors (Lipinski definition) is 2. The van der Waals surface area contributed by atoms with Crippen LogP contribution in [0.5, 0.6) is 0 Å². The molecule has 3 heteroatoms. The third-order valence-corrected chi connectivity index (χ3v) is 3.08. The van der Waals surface area contributed by atoms with Crippen molar-refractivity contribution in [3.63, 3.8) is 0 Å². The van der Waals surface area contributed by atoms with Gasteiger partial charge in [0, 0.05) is 19.6 Å². The summed E-state index contributed by atoms with van der Waals surface area (Å²) in [6.45, 7) is 4.17. The number of carbonyl (C=O) groups excluding carboxylic acids is 1. The molecule has 0 spiro atoms. The lowest BCUT2D eigenvalue weighted by Gasteiger charge is -2.30. The molecule has 3 nitrogen and oxygen atoms in total. The molecule has 0 aliphatic heterocycles. The first-order chi connectivity index (χ1) is 6.44. The molecule has 1 amide bonds. The van der Waals surface area contributed by atoms with E-state index < -0.39 is 0 Å². The molecule has 1 fully saturated rings. The zero-order valence-electron chi connectivity index (χ0n) is 9.76. The molecule has 1 aliphatic rings. The normalized spacial score (nSPS) is 22.0. The van der Waals surface area contributed by atoms with Crippen LogP contribution in [0.4, 0.5) is 0 Å². The summed E-state index contributed by atoms with van der Waals surface area (Å²) < 4.78 is 0. The zero-order valence-corrected chi connectivity index (χ0v) is 9.76. The predicted octanol–water partition coefficient (Wildman–Crippen LogP) is 1.39. The van der Waals surface area contributed by atoms with Crippen molar-refractivity contribution in [2.75, 3.05) is 14.1 Å². The zero-order chi connectivity index (χ0) is 10.8. The number of nitrogens with zero attached hydrogens (tertiary/aromatic N) is 1. The lowest BCUT2D eigenvalue weighted by molar-refractivity contribution is -0.131. The van der Waals surface area contributed by atoms with Gasteiger partial charge in [0.05, 0.1) is 6.04 Å². The molecule has 1 saturated carbocycles. The highest BCUT2D eigenvalue weighted by molar-refractivity contribution is 5.81. The molecule has 1 unspecified atom stereocenters. The van der Waals surface area contributed by atoms with Crippen molar-refractivity contribution in [3.05, 3.63) is 0 Å². The topological polar surface area (TPSA) is 32.3 Å². The number of carbonyl (C=O) groups is 1. The molecular formula is C11H22N2O. The highest BCUT2D eigenvalue weighted by atomic mass is 16.2. The summed E-state index contributed by atoms with van der Waals surface area (Å²) in [7, 11) is 3.61. The van der Waals surface area contributed by atoms with E-state index in [0.717, 1.165) is 0 Å². The second-order valence-corrected chi connectivity index (χ2v) is 4.87. The molecular weight excluding hydrogens is 176 g/mol. The number of likely N-dealkylation sites (N-methyl/N-ethyl adjacent to an activating group) is 1. The van der Waals surface area contributed by atoms with Gasteiger partial charge in [0.1, 0.15) is 0 Å². The van der Waals surface area contributed by atoms with Gasteiger partial charge in [-0.1, -0.05) is 12.8 Å². The first kappa shape index (κ1) is 11.5. The summed E-state index contributed by atoms with van der Waals surface area (Å²) in [4.78, 5) is 13.3. The maximum absolute atomic E-state index is 11.6. The fraction of sp³-hybridized carbons (Fsp3) is 0.909. The Morgan fingerprint density at radius 3 is 2.29 bits per heavy atom. The van der Waals surface area contributed by atoms with Crippen molar-refractivity contribution in [2.45, 2.75) is 51.1 Å². The van der Waals surface area contributed by atoms with Crippen molar-refractivity contribution in [1.29, 1.82) is 0 Å². The Morgan fingerprint density at radius 1 is 1.36 bits per heavy atom. The SMILES string of the molecule is CC(NC1(C)CCCC1)C(=O)N(C)C. The Bertz CT molecular complexity index is 207. The molecule has 1 aliphatic carbocycles. The number of amides is 1. The Morgan fingerprint density at radius 2 is 1.86 bits per heavy atom. The molecule has 82 valence electrons. The van der Waals surface area contributed by atoms with Crippen molar-refractivity contribution in [2.24, 2.45) is 0 Å². The van der Waals surface area contributed by atoms with Crippen LogP contribution >= 0.6 is 0 Å². The molecule has 0 aromatic rings. The minimum Gasteiger partial charge on any atom is -0.347 e. The Kier molecular flexibility index (Phi) is 3.53. The van der Waals surface area contributed by atoms with E-state index in [9.17, 15) is 4.79 Å². The number of hydrogen-bond donors (Lipinski definition) is 1. The monoisotopic (exact) mass is 198 g/mol. The van der Waals surface area contributed by atoms with E-state index in [0.29, 0.717) is 0 Å². The van der Waals surface area contributed by atoms with Crippen molar-refractivity contribution in [3.8, 4) is 0 Å². The molecule has 14 heavy (non-hydrogen) atoms. The quantitative estimate of drug-likeness (QED) is 0.743. The standard InChI is InChI=1S/C11H22N2O/c1-9(10(14)13(3)4)12-11(2)7-5-6-8-11/h9,12H,5-8H2,1-4H3. The summed E-state index contributed by atoms with van der Waals surface area (Å²) in [5.41, 5.74) is 0.186. The van der Waals surface area contributed by atoms with E-state index in [-0.39, 0.29) is 17.5 Å². The average molecular weight is 198 g/mol. The Labute approximate surface area is 86.9 Å². The van der Waals surface area contributed by atoms with Crippen molar-refractivity contribution in [1.82, 2.24) is 10.2 Å². The minimum absolute atomic E-state index is 0.0619. The first-order valence-corrected chi connectivity index (χ1v) is 5.43. The Balaban J connectivity index is 2.47. The minimum atomic E-state index is -0.0619. The maximum atomic E-state index is 11.6. The van der Waals surface area contributed by atoms with E-state index in [1.807, 2.05) is 6.92 Å². The summed E-state index contributed by atoms with van der Waals surface area (Å²) in [5.74, 6) is 0.165. The third-order valence-electron chi connectivity index (χ3n) is 3.08. The van der Waals surface area contributed by atoms with Crippen LogP contribution in [0.3, 0.4) is 0 Å². The van der Waals surface area contributed by atoms with Gasteiger partial charge in [-0.2, -0.15) is 0 Å². The highest BCUT2D eigenvalue weighted by Crippen LogP contribution is 2.29. The molecule has 0 saturated heterocycles. The number of rotatable bonds is 3. The van der Waals surface area contributed by atoms with E-state index in [2.05, 4.69) is 12.2 Å². The highest BCUT2D eigenvalue weighted by Gasteiger charge is 2.31. The van der Waals surface area contributed by atoms with Crippen LogP contribution in [-0.2, 0) is 4.79 Å². The second-order valence-electron chi connectivity index (χ2n) is 4.87. The van der Waals surface area contributed by atoms with Crippen LogP contribution in [0.25, 0.3) is 0 Å². The lowest BCUT2D eigenvalue weighted by Crippen LogP contribution is -2.51. The van der Waals surface area contributed by atoms with Gasteiger partial charge in [0.25, 0.3) is 0 Å². The summed E-state index contributed by atoms with van der Waals surface area (Å²) in [6.07, 6.45) is 4.95. The van der Waals surface area contributed by atoms with Crippen LogP contribution in [0.15, 0.2) is 0 Å². The molecule has 0 aromatic carbocycles. The molecule has 0 radical (unpaired) electrons.